The lowest BCUT2D eigenvalue weighted by Gasteiger charge is -2.15. The van der Waals surface area contributed by atoms with E-state index in [1.807, 2.05) is 0 Å². The standard InChI is InChI=1S/C13H16ClN3O/c14-11-5-9(10(15)6-16-11)12(18)17-7-13(3-4-13)8-1-2-8/h5-6,8H,1-4,7,15H2,(H,17,18). The van der Waals surface area contributed by atoms with Crippen molar-refractivity contribution < 1.29 is 4.79 Å². The average molecular weight is 266 g/mol. The zero-order valence-electron chi connectivity index (χ0n) is 10.1. The van der Waals surface area contributed by atoms with Crippen LogP contribution in [0, 0.1) is 11.3 Å². The molecule has 2 fully saturated rings. The fourth-order valence-corrected chi connectivity index (χ4v) is 2.73. The first-order valence-electron chi connectivity index (χ1n) is 6.30. The molecule has 2 aliphatic rings. The van der Waals surface area contributed by atoms with Gasteiger partial charge in [-0.2, -0.15) is 0 Å². The van der Waals surface area contributed by atoms with Gasteiger partial charge in [-0.1, -0.05) is 11.6 Å². The minimum Gasteiger partial charge on any atom is -0.397 e. The molecule has 0 spiro atoms. The highest BCUT2D eigenvalue weighted by atomic mass is 35.5. The second-order valence-corrected chi connectivity index (χ2v) is 5.80. The number of anilines is 1. The largest absolute Gasteiger partial charge is 0.397 e. The molecule has 0 aliphatic heterocycles. The Morgan fingerprint density at radius 1 is 1.56 bits per heavy atom. The topological polar surface area (TPSA) is 68.0 Å². The molecule has 1 amide bonds. The SMILES string of the molecule is Nc1cnc(Cl)cc1C(=O)NCC1(C2CC2)CC1. The Morgan fingerprint density at radius 2 is 2.28 bits per heavy atom. The van der Waals surface area contributed by atoms with Crippen molar-refractivity contribution >= 4 is 23.2 Å². The molecule has 0 atom stereocenters. The Bertz CT molecular complexity index is 495. The van der Waals surface area contributed by atoms with E-state index in [2.05, 4.69) is 10.3 Å². The number of nitrogen functional groups attached to an aromatic ring is 1. The number of halogens is 1. The number of nitrogens with two attached hydrogens (primary N) is 1. The van der Waals surface area contributed by atoms with Crippen LogP contribution in [0.2, 0.25) is 5.15 Å². The summed E-state index contributed by atoms with van der Waals surface area (Å²) in [5.41, 5.74) is 6.91. The molecule has 18 heavy (non-hydrogen) atoms. The molecule has 0 aromatic carbocycles. The van der Waals surface area contributed by atoms with Crippen LogP contribution in [0.25, 0.3) is 0 Å². The molecule has 0 saturated heterocycles. The molecule has 1 aromatic rings. The van der Waals surface area contributed by atoms with E-state index in [-0.39, 0.29) is 11.1 Å². The maximum atomic E-state index is 12.1. The number of carbonyl (C=O) groups is 1. The number of hydrogen-bond donors (Lipinski definition) is 2. The molecular formula is C13H16ClN3O. The minimum atomic E-state index is -0.149. The van der Waals surface area contributed by atoms with Crippen molar-refractivity contribution in [2.75, 3.05) is 12.3 Å². The Balaban J connectivity index is 1.65. The smallest absolute Gasteiger partial charge is 0.253 e. The third-order valence-electron chi connectivity index (χ3n) is 4.08. The van der Waals surface area contributed by atoms with Gasteiger partial charge in [0, 0.05) is 6.54 Å². The van der Waals surface area contributed by atoms with Gasteiger partial charge in [-0.3, -0.25) is 4.79 Å². The lowest BCUT2D eigenvalue weighted by atomic mass is 10.0. The minimum absolute atomic E-state index is 0.149. The van der Waals surface area contributed by atoms with Crippen LogP contribution in [0.4, 0.5) is 5.69 Å². The third kappa shape index (κ3) is 2.17. The summed E-state index contributed by atoms with van der Waals surface area (Å²) in [5, 5.41) is 3.28. The van der Waals surface area contributed by atoms with Crippen LogP contribution in [0.1, 0.15) is 36.0 Å². The summed E-state index contributed by atoms with van der Waals surface area (Å²) in [6, 6.07) is 1.52. The van der Waals surface area contributed by atoms with E-state index in [9.17, 15) is 4.79 Å². The summed E-state index contributed by atoms with van der Waals surface area (Å²) in [6.45, 7) is 0.760. The zero-order valence-corrected chi connectivity index (χ0v) is 10.8. The van der Waals surface area contributed by atoms with Gasteiger partial charge in [0.2, 0.25) is 0 Å². The molecule has 1 aromatic heterocycles. The number of amides is 1. The van der Waals surface area contributed by atoms with Gasteiger partial charge in [-0.25, -0.2) is 4.98 Å². The summed E-state index contributed by atoms with van der Waals surface area (Å²) < 4.78 is 0. The van der Waals surface area contributed by atoms with E-state index >= 15 is 0 Å². The van der Waals surface area contributed by atoms with Gasteiger partial charge in [0.1, 0.15) is 5.15 Å². The first-order chi connectivity index (χ1) is 8.61. The summed E-state index contributed by atoms with van der Waals surface area (Å²) in [4.78, 5) is 15.9. The number of carbonyl (C=O) groups excluding carboxylic acids is 1. The number of nitrogens with zero attached hydrogens (tertiary/aromatic N) is 1. The third-order valence-corrected chi connectivity index (χ3v) is 4.29. The molecule has 0 radical (unpaired) electrons. The molecule has 2 aliphatic carbocycles. The monoisotopic (exact) mass is 265 g/mol. The molecule has 96 valence electrons. The van der Waals surface area contributed by atoms with E-state index in [0.29, 0.717) is 16.7 Å². The van der Waals surface area contributed by atoms with E-state index in [4.69, 9.17) is 17.3 Å². The van der Waals surface area contributed by atoms with Crippen LogP contribution in [0.3, 0.4) is 0 Å². The number of hydrogen-bond acceptors (Lipinski definition) is 3. The van der Waals surface area contributed by atoms with Crippen molar-refractivity contribution in [3.05, 3.63) is 23.0 Å². The maximum Gasteiger partial charge on any atom is 0.253 e. The number of nitrogens with one attached hydrogen (secondary N) is 1. The summed E-state index contributed by atoms with van der Waals surface area (Å²) >= 11 is 5.78. The fraction of sp³-hybridized carbons (Fsp3) is 0.538. The summed E-state index contributed by atoms with van der Waals surface area (Å²) in [7, 11) is 0. The predicted octanol–water partition coefficient (Wildman–Crippen LogP) is 2.24. The van der Waals surface area contributed by atoms with E-state index in [1.54, 1.807) is 0 Å². The van der Waals surface area contributed by atoms with Crippen LogP contribution < -0.4 is 11.1 Å². The highest BCUT2D eigenvalue weighted by Crippen LogP contribution is 2.60. The van der Waals surface area contributed by atoms with Crippen LogP contribution in [-0.2, 0) is 0 Å². The second kappa shape index (κ2) is 4.12. The van der Waals surface area contributed by atoms with Gasteiger partial charge in [0.25, 0.3) is 5.91 Å². The van der Waals surface area contributed by atoms with E-state index in [0.717, 1.165) is 12.5 Å². The first-order valence-corrected chi connectivity index (χ1v) is 6.68. The summed E-state index contributed by atoms with van der Waals surface area (Å²) in [6.07, 6.45) is 6.54. The second-order valence-electron chi connectivity index (χ2n) is 5.41. The lowest BCUT2D eigenvalue weighted by molar-refractivity contribution is 0.0943. The zero-order chi connectivity index (χ0) is 12.8. The van der Waals surface area contributed by atoms with Gasteiger partial charge < -0.3 is 11.1 Å². The van der Waals surface area contributed by atoms with Crippen molar-refractivity contribution in [1.82, 2.24) is 10.3 Å². The molecular weight excluding hydrogens is 250 g/mol. The number of pyridine rings is 1. The number of rotatable bonds is 4. The van der Waals surface area contributed by atoms with Gasteiger partial charge in [-0.05, 0) is 43.1 Å². The van der Waals surface area contributed by atoms with Gasteiger partial charge in [0.05, 0.1) is 17.4 Å². The van der Waals surface area contributed by atoms with Crippen molar-refractivity contribution in [2.24, 2.45) is 11.3 Å². The van der Waals surface area contributed by atoms with Gasteiger partial charge >= 0.3 is 0 Å². The molecule has 0 unspecified atom stereocenters. The first kappa shape index (κ1) is 11.8. The Morgan fingerprint density at radius 3 is 2.89 bits per heavy atom. The Kier molecular flexibility index (Phi) is 2.70. The maximum absolute atomic E-state index is 12.1. The lowest BCUT2D eigenvalue weighted by Crippen LogP contribution is -2.31. The molecule has 2 saturated carbocycles. The Labute approximate surface area is 111 Å². The van der Waals surface area contributed by atoms with Gasteiger partial charge in [-0.15, -0.1) is 0 Å². The molecule has 1 heterocycles. The van der Waals surface area contributed by atoms with Crippen molar-refractivity contribution in [3.8, 4) is 0 Å². The highest BCUT2D eigenvalue weighted by molar-refractivity contribution is 6.29. The molecule has 3 rings (SSSR count). The highest BCUT2D eigenvalue weighted by Gasteiger charge is 2.53. The summed E-state index contributed by atoms with van der Waals surface area (Å²) in [5.74, 6) is 0.680. The van der Waals surface area contributed by atoms with Crippen LogP contribution in [0.5, 0.6) is 0 Å². The molecule has 3 N–H and O–H groups in total. The van der Waals surface area contributed by atoms with E-state index in [1.165, 1.54) is 37.9 Å². The van der Waals surface area contributed by atoms with Gasteiger partial charge in [0.15, 0.2) is 0 Å². The predicted molar refractivity (Wildman–Crippen MR) is 70.4 cm³/mol. The van der Waals surface area contributed by atoms with E-state index < -0.39 is 0 Å². The molecule has 4 nitrogen and oxygen atoms in total. The number of aromatic nitrogens is 1. The Hall–Kier alpha value is -1.29. The molecule has 0 bridgehead atoms. The van der Waals surface area contributed by atoms with Crippen LogP contribution >= 0.6 is 11.6 Å². The van der Waals surface area contributed by atoms with Crippen LogP contribution in [0.15, 0.2) is 12.3 Å². The van der Waals surface area contributed by atoms with Crippen molar-refractivity contribution in [2.45, 2.75) is 25.7 Å². The van der Waals surface area contributed by atoms with Crippen molar-refractivity contribution in [1.29, 1.82) is 0 Å². The fourth-order valence-electron chi connectivity index (χ4n) is 2.57. The van der Waals surface area contributed by atoms with Crippen LogP contribution in [-0.4, -0.2) is 17.4 Å². The average Bonchev–Trinajstić information content (AvgIpc) is 3.21. The molecule has 5 heteroatoms. The normalized spacial score (nSPS) is 20.5. The van der Waals surface area contributed by atoms with Crippen molar-refractivity contribution in [3.63, 3.8) is 0 Å². The quantitative estimate of drug-likeness (QED) is 0.821.